The van der Waals surface area contributed by atoms with Crippen LogP contribution in [0.4, 0.5) is 37.7 Å². The lowest BCUT2D eigenvalue weighted by Crippen LogP contribution is -2.38. The number of carbonyl (C=O) groups excluding carboxylic acids is 1. The molecule has 170 valence electrons. The van der Waals surface area contributed by atoms with Crippen molar-refractivity contribution in [3.63, 3.8) is 0 Å². The Balaban J connectivity index is 2.42. The Morgan fingerprint density at radius 2 is 1.61 bits per heavy atom. The fourth-order valence-corrected chi connectivity index (χ4v) is 3.74. The smallest absolute Gasteiger partial charge is 0.324 e. The zero-order valence-corrected chi connectivity index (χ0v) is 17.6. The van der Waals surface area contributed by atoms with Gasteiger partial charge in [-0.25, -0.2) is 8.42 Å². The molecule has 0 aromatic heterocycles. The lowest BCUT2D eigenvalue weighted by atomic mass is 10.1. The van der Waals surface area contributed by atoms with E-state index >= 15 is 0 Å². The third-order valence-electron chi connectivity index (χ3n) is 3.79. The zero-order valence-electron chi connectivity index (χ0n) is 15.3. The predicted octanol–water partition coefficient (Wildman–Crippen LogP) is 5.44. The topological polar surface area (TPSA) is 66.5 Å². The van der Waals surface area contributed by atoms with Crippen LogP contribution in [0.15, 0.2) is 36.4 Å². The molecule has 0 radical (unpaired) electrons. The number of hydrogen-bond donors (Lipinski definition) is 1. The monoisotopic (exact) mass is 508 g/mol. The first-order chi connectivity index (χ1) is 14.0. The van der Waals surface area contributed by atoms with Gasteiger partial charge in [0.05, 0.1) is 33.8 Å². The van der Waals surface area contributed by atoms with Gasteiger partial charge in [-0.2, -0.15) is 26.3 Å². The van der Waals surface area contributed by atoms with Gasteiger partial charge in [-0.1, -0.05) is 23.2 Å². The van der Waals surface area contributed by atoms with Crippen LogP contribution in [-0.4, -0.2) is 27.1 Å². The van der Waals surface area contributed by atoms with Crippen molar-refractivity contribution in [2.75, 3.05) is 22.4 Å². The molecule has 0 aliphatic carbocycles. The molecule has 2 rings (SSSR count). The van der Waals surface area contributed by atoms with Gasteiger partial charge in [0.25, 0.3) is 0 Å². The van der Waals surface area contributed by atoms with Crippen molar-refractivity contribution in [2.45, 2.75) is 12.4 Å². The van der Waals surface area contributed by atoms with E-state index in [9.17, 15) is 39.6 Å². The van der Waals surface area contributed by atoms with E-state index in [1.165, 1.54) is 0 Å². The van der Waals surface area contributed by atoms with Crippen LogP contribution in [0.1, 0.15) is 11.1 Å². The number of hydrogen-bond acceptors (Lipinski definition) is 3. The summed E-state index contributed by atoms with van der Waals surface area (Å²) < 4.78 is 103. The summed E-state index contributed by atoms with van der Waals surface area (Å²) in [5.74, 6) is -1.26. The van der Waals surface area contributed by atoms with Crippen LogP contribution in [-0.2, 0) is 27.2 Å². The number of anilines is 2. The average Bonchev–Trinajstić information content (AvgIpc) is 2.59. The van der Waals surface area contributed by atoms with Crippen LogP contribution in [0.3, 0.4) is 0 Å². The van der Waals surface area contributed by atoms with E-state index in [1.54, 1.807) is 0 Å². The van der Waals surface area contributed by atoms with E-state index in [0.29, 0.717) is 24.5 Å². The van der Waals surface area contributed by atoms with E-state index in [0.717, 1.165) is 18.2 Å². The maximum Gasteiger partial charge on any atom is 0.418 e. The Morgan fingerprint density at radius 3 is 2.13 bits per heavy atom. The Kier molecular flexibility index (Phi) is 7.08. The lowest BCUT2D eigenvalue weighted by Gasteiger charge is -2.24. The lowest BCUT2D eigenvalue weighted by molar-refractivity contribution is -0.138. The number of alkyl halides is 6. The van der Waals surface area contributed by atoms with Crippen LogP contribution < -0.4 is 9.62 Å². The minimum absolute atomic E-state index is 0.253. The Hall–Kier alpha value is -2.18. The maximum atomic E-state index is 13.2. The highest BCUT2D eigenvalue weighted by Crippen LogP contribution is 2.38. The fourth-order valence-electron chi connectivity index (χ4n) is 2.44. The largest absolute Gasteiger partial charge is 0.418 e. The molecular weight excluding hydrogens is 497 g/mol. The van der Waals surface area contributed by atoms with Gasteiger partial charge in [-0.05, 0) is 36.4 Å². The van der Waals surface area contributed by atoms with Gasteiger partial charge in [0, 0.05) is 5.02 Å². The normalized spacial score (nSPS) is 12.5. The van der Waals surface area contributed by atoms with E-state index in [4.69, 9.17) is 23.2 Å². The summed E-state index contributed by atoms with van der Waals surface area (Å²) in [5, 5.41) is 1.20. The number of amides is 1. The van der Waals surface area contributed by atoms with Crippen LogP contribution in [0.25, 0.3) is 0 Å². The summed E-state index contributed by atoms with van der Waals surface area (Å²) in [6, 6.07) is 4.28. The van der Waals surface area contributed by atoms with Gasteiger partial charge in [-0.3, -0.25) is 9.10 Å². The molecule has 14 heteroatoms. The molecule has 2 aromatic rings. The molecule has 0 aliphatic rings. The van der Waals surface area contributed by atoms with Crippen LogP contribution >= 0.6 is 23.2 Å². The highest BCUT2D eigenvalue weighted by atomic mass is 35.5. The summed E-state index contributed by atoms with van der Waals surface area (Å²) in [6.07, 6.45) is -9.13. The van der Waals surface area contributed by atoms with Crippen molar-refractivity contribution in [1.29, 1.82) is 0 Å². The van der Waals surface area contributed by atoms with Crippen molar-refractivity contribution in [2.24, 2.45) is 0 Å². The number of rotatable bonds is 5. The van der Waals surface area contributed by atoms with Crippen molar-refractivity contribution in [1.82, 2.24) is 0 Å². The molecule has 0 unspecified atom stereocenters. The molecule has 0 atom stereocenters. The van der Waals surface area contributed by atoms with E-state index < -0.39 is 62.4 Å². The number of sulfonamides is 1. The molecule has 0 saturated heterocycles. The minimum atomic E-state index is -4.89. The Labute approximate surface area is 182 Å². The SMILES string of the molecule is CS(=O)(=O)N(CC(=O)Nc1ccc(Cl)cc1C(F)(F)F)c1cc(C(F)(F)F)ccc1Cl. The standard InChI is InChI=1S/C17H12Cl2F6N2O3S/c1-31(29,30)27(14-6-9(16(20,21)22)2-4-12(14)19)8-15(28)26-13-5-3-10(18)7-11(13)17(23,24)25/h2-7H,8H2,1H3,(H,26,28). The zero-order chi connectivity index (χ0) is 23.8. The van der Waals surface area contributed by atoms with E-state index in [1.807, 2.05) is 5.32 Å². The van der Waals surface area contributed by atoms with Crippen LogP contribution in [0.5, 0.6) is 0 Å². The predicted molar refractivity (Wildman–Crippen MR) is 104 cm³/mol. The molecule has 1 N–H and O–H groups in total. The molecule has 0 saturated carbocycles. The molecule has 0 heterocycles. The summed E-state index contributed by atoms with van der Waals surface area (Å²) in [4.78, 5) is 12.3. The van der Waals surface area contributed by atoms with E-state index in [-0.39, 0.29) is 9.33 Å². The van der Waals surface area contributed by atoms with Gasteiger partial charge >= 0.3 is 12.4 Å². The molecule has 0 bridgehead atoms. The first-order valence-corrected chi connectivity index (χ1v) is 10.6. The summed E-state index contributed by atoms with van der Waals surface area (Å²) in [6.45, 7) is -1.14. The highest BCUT2D eigenvalue weighted by molar-refractivity contribution is 7.92. The van der Waals surface area contributed by atoms with Crippen molar-refractivity contribution in [3.8, 4) is 0 Å². The second-order valence-electron chi connectivity index (χ2n) is 6.17. The first-order valence-electron chi connectivity index (χ1n) is 8.01. The quantitative estimate of drug-likeness (QED) is 0.547. The highest BCUT2D eigenvalue weighted by Gasteiger charge is 2.35. The first kappa shape index (κ1) is 25.1. The minimum Gasteiger partial charge on any atom is -0.324 e. The number of nitrogens with one attached hydrogen (secondary N) is 1. The molecule has 31 heavy (non-hydrogen) atoms. The summed E-state index contributed by atoms with van der Waals surface area (Å²) in [7, 11) is -4.36. The van der Waals surface area contributed by atoms with Crippen LogP contribution in [0.2, 0.25) is 10.0 Å². The molecule has 2 aromatic carbocycles. The second-order valence-corrected chi connectivity index (χ2v) is 8.92. The van der Waals surface area contributed by atoms with Crippen molar-refractivity contribution >= 4 is 50.5 Å². The number of nitrogens with zero attached hydrogens (tertiary/aromatic N) is 1. The molecular formula is C17H12Cl2F6N2O3S. The van der Waals surface area contributed by atoms with Crippen molar-refractivity contribution in [3.05, 3.63) is 57.6 Å². The van der Waals surface area contributed by atoms with Gasteiger partial charge in [-0.15, -0.1) is 0 Å². The number of halogens is 8. The van der Waals surface area contributed by atoms with Crippen molar-refractivity contribution < 1.29 is 39.6 Å². The van der Waals surface area contributed by atoms with Gasteiger partial charge in [0.2, 0.25) is 15.9 Å². The molecule has 1 amide bonds. The molecule has 0 spiro atoms. The van der Waals surface area contributed by atoms with E-state index in [2.05, 4.69) is 0 Å². The number of benzene rings is 2. The number of carbonyl (C=O) groups is 1. The van der Waals surface area contributed by atoms with Gasteiger partial charge in [0.1, 0.15) is 6.54 Å². The maximum absolute atomic E-state index is 13.2. The Bertz CT molecular complexity index is 1100. The van der Waals surface area contributed by atoms with Gasteiger partial charge < -0.3 is 5.32 Å². The van der Waals surface area contributed by atoms with Crippen LogP contribution in [0, 0.1) is 0 Å². The third-order valence-corrected chi connectivity index (χ3v) is 5.47. The fraction of sp³-hybridized carbons (Fsp3) is 0.235. The summed E-state index contributed by atoms with van der Waals surface area (Å²) in [5.41, 5.74) is -3.92. The third kappa shape index (κ3) is 6.40. The van der Waals surface area contributed by atoms with Gasteiger partial charge in [0.15, 0.2) is 0 Å². The molecule has 5 nitrogen and oxygen atoms in total. The Morgan fingerprint density at radius 1 is 1.00 bits per heavy atom. The second kappa shape index (κ2) is 8.75. The molecule has 0 aliphatic heterocycles. The summed E-state index contributed by atoms with van der Waals surface area (Å²) >= 11 is 11.4. The average molecular weight is 509 g/mol. The molecule has 0 fully saturated rings.